The number of amides is 1. The van der Waals surface area contributed by atoms with Crippen LogP contribution in [-0.4, -0.2) is 42.5 Å². The third kappa shape index (κ3) is 5.20. The van der Waals surface area contributed by atoms with Gasteiger partial charge in [0.25, 0.3) is 0 Å². The smallest absolute Gasteiger partial charge is 0.230 e. The second-order valence-electron chi connectivity index (χ2n) is 6.14. The number of nitrogens with zero attached hydrogens (tertiary/aromatic N) is 2. The summed E-state index contributed by atoms with van der Waals surface area (Å²) in [7, 11) is 4.69. The van der Waals surface area contributed by atoms with Gasteiger partial charge in [-0.3, -0.25) is 9.36 Å². The molecule has 0 saturated heterocycles. The molecular formula is C21H22ClN3O4S. The lowest BCUT2D eigenvalue weighted by Crippen LogP contribution is -2.25. The highest BCUT2D eigenvalue weighted by molar-refractivity contribution is 7.99. The van der Waals surface area contributed by atoms with E-state index in [0.29, 0.717) is 28.8 Å². The Balaban J connectivity index is 1.61. The highest BCUT2D eigenvalue weighted by Gasteiger charge is 2.14. The predicted molar refractivity (Wildman–Crippen MR) is 117 cm³/mol. The van der Waals surface area contributed by atoms with Crippen LogP contribution in [0, 0.1) is 0 Å². The van der Waals surface area contributed by atoms with E-state index in [1.54, 1.807) is 39.7 Å². The van der Waals surface area contributed by atoms with E-state index in [4.69, 9.17) is 25.8 Å². The molecule has 1 heterocycles. The molecule has 1 amide bonds. The summed E-state index contributed by atoms with van der Waals surface area (Å²) in [6, 6.07) is 11.0. The molecule has 0 aliphatic heterocycles. The summed E-state index contributed by atoms with van der Waals surface area (Å²) in [5.74, 6) is 1.84. The fraction of sp³-hybridized carbons (Fsp3) is 0.238. The van der Waals surface area contributed by atoms with Crippen molar-refractivity contribution in [3.8, 4) is 22.9 Å². The van der Waals surface area contributed by atoms with Crippen LogP contribution >= 0.6 is 23.4 Å². The first-order valence-corrected chi connectivity index (χ1v) is 10.4. The summed E-state index contributed by atoms with van der Waals surface area (Å²) >= 11 is 7.30. The molecule has 158 valence electrons. The summed E-state index contributed by atoms with van der Waals surface area (Å²) in [5, 5.41) is 4.28. The topological polar surface area (TPSA) is 74.6 Å². The Labute approximate surface area is 184 Å². The van der Waals surface area contributed by atoms with Crippen molar-refractivity contribution in [2.45, 2.75) is 11.7 Å². The van der Waals surface area contributed by atoms with E-state index in [0.717, 1.165) is 16.4 Å². The minimum atomic E-state index is -0.123. The van der Waals surface area contributed by atoms with Gasteiger partial charge in [-0.05, 0) is 30.3 Å². The van der Waals surface area contributed by atoms with Crippen LogP contribution < -0.4 is 19.5 Å². The van der Waals surface area contributed by atoms with Crippen LogP contribution in [-0.2, 0) is 11.3 Å². The molecule has 30 heavy (non-hydrogen) atoms. The van der Waals surface area contributed by atoms with Crippen LogP contribution in [0.25, 0.3) is 5.69 Å². The lowest BCUT2D eigenvalue weighted by molar-refractivity contribution is -0.118. The third-order valence-electron chi connectivity index (χ3n) is 4.31. The number of aromatic nitrogens is 2. The number of methoxy groups -OCH3 is 3. The quantitative estimate of drug-likeness (QED) is 0.500. The van der Waals surface area contributed by atoms with Gasteiger partial charge in [-0.15, -0.1) is 0 Å². The van der Waals surface area contributed by atoms with Gasteiger partial charge >= 0.3 is 0 Å². The molecular weight excluding hydrogens is 426 g/mol. The van der Waals surface area contributed by atoms with Gasteiger partial charge in [-0.2, -0.15) is 0 Å². The van der Waals surface area contributed by atoms with Crippen molar-refractivity contribution in [2.24, 2.45) is 0 Å². The lowest BCUT2D eigenvalue weighted by Gasteiger charge is -2.14. The molecule has 7 nitrogen and oxygen atoms in total. The van der Waals surface area contributed by atoms with Crippen molar-refractivity contribution >= 4 is 29.3 Å². The van der Waals surface area contributed by atoms with E-state index in [2.05, 4.69) is 10.3 Å². The molecule has 0 aliphatic carbocycles. The molecule has 0 aliphatic rings. The fourth-order valence-corrected chi connectivity index (χ4v) is 3.73. The Morgan fingerprint density at radius 3 is 2.40 bits per heavy atom. The highest BCUT2D eigenvalue weighted by atomic mass is 35.5. The van der Waals surface area contributed by atoms with Gasteiger partial charge in [0.1, 0.15) is 5.75 Å². The Bertz CT molecular complexity index is 1010. The van der Waals surface area contributed by atoms with Crippen molar-refractivity contribution < 1.29 is 19.0 Å². The molecule has 0 bridgehead atoms. The molecule has 0 radical (unpaired) electrons. The summed E-state index contributed by atoms with van der Waals surface area (Å²) < 4.78 is 17.9. The first kappa shape index (κ1) is 21.9. The maximum absolute atomic E-state index is 12.4. The third-order valence-corrected chi connectivity index (χ3v) is 5.53. The predicted octanol–water partition coefficient (Wildman–Crippen LogP) is 3.96. The molecule has 1 N–H and O–H groups in total. The van der Waals surface area contributed by atoms with E-state index in [-0.39, 0.29) is 11.7 Å². The van der Waals surface area contributed by atoms with Crippen LogP contribution in [0.1, 0.15) is 5.56 Å². The first-order valence-electron chi connectivity index (χ1n) is 9.03. The minimum absolute atomic E-state index is 0.123. The average Bonchev–Trinajstić information content (AvgIpc) is 3.24. The standard InChI is InChI=1S/C21H22ClN3O4S/c1-27-17-11-19(29-3)18(28-2)10-14(17)12-24-20(26)13-30-21-23-8-9-25(21)16-6-4-15(22)5-7-16/h4-11H,12-13H2,1-3H3,(H,24,26). The number of ether oxygens (including phenoxy) is 3. The SMILES string of the molecule is COc1cc(OC)c(OC)cc1CNC(=O)CSc1nccn1-c1ccc(Cl)cc1. The molecule has 1 aromatic heterocycles. The number of halogens is 1. The molecule has 0 saturated carbocycles. The van der Waals surface area contributed by atoms with Crippen LogP contribution in [0.2, 0.25) is 5.02 Å². The molecule has 3 aromatic rings. The average molecular weight is 448 g/mol. The molecule has 0 fully saturated rings. The number of carbonyl (C=O) groups is 1. The lowest BCUT2D eigenvalue weighted by atomic mass is 10.1. The normalized spacial score (nSPS) is 10.5. The van der Waals surface area contributed by atoms with Gasteiger partial charge in [-0.1, -0.05) is 23.4 Å². The van der Waals surface area contributed by atoms with E-state index < -0.39 is 0 Å². The number of nitrogens with one attached hydrogen (secondary N) is 1. The number of hydrogen-bond acceptors (Lipinski definition) is 6. The zero-order valence-corrected chi connectivity index (χ0v) is 18.4. The minimum Gasteiger partial charge on any atom is -0.496 e. The summed E-state index contributed by atoms with van der Waals surface area (Å²) in [5.41, 5.74) is 1.71. The van der Waals surface area contributed by atoms with E-state index >= 15 is 0 Å². The van der Waals surface area contributed by atoms with Crippen molar-refractivity contribution in [1.29, 1.82) is 0 Å². The number of rotatable bonds is 9. The summed E-state index contributed by atoms with van der Waals surface area (Å²) in [4.78, 5) is 16.7. The first-order chi connectivity index (χ1) is 14.5. The number of imidazole rings is 1. The summed E-state index contributed by atoms with van der Waals surface area (Å²) in [6.45, 7) is 0.300. The second kappa shape index (κ2) is 10.3. The van der Waals surface area contributed by atoms with Gasteiger partial charge in [-0.25, -0.2) is 4.98 Å². The Hall–Kier alpha value is -2.84. The number of hydrogen-bond donors (Lipinski definition) is 1. The zero-order valence-electron chi connectivity index (χ0n) is 16.8. The van der Waals surface area contributed by atoms with Crippen LogP contribution in [0.4, 0.5) is 0 Å². The second-order valence-corrected chi connectivity index (χ2v) is 7.52. The molecule has 0 atom stereocenters. The summed E-state index contributed by atoms with van der Waals surface area (Å²) in [6.07, 6.45) is 3.54. The van der Waals surface area contributed by atoms with E-state index in [9.17, 15) is 4.79 Å². The van der Waals surface area contributed by atoms with Gasteiger partial charge in [0.15, 0.2) is 16.7 Å². The molecule has 0 spiro atoms. The Kier molecular flexibility index (Phi) is 7.48. The van der Waals surface area contributed by atoms with E-state index in [1.807, 2.05) is 35.0 Å². The monoisotopic (exact) mass is 447 g/mol. The number of thioether (sulfide) groups is 1. The van der Waals surface area contributed by atoms with E-state index in [1.165, 1.54) is 11.8 Å². The van der Waals surface area contributed by atoms with Crippen molar-refractivity contribution in [3.63, 3.8) is 0 Å². The maximum atomic E-state index is 12.4. The largest absolute Gasteiger partial charge is 0.496 e. The van der Waals surface area contributed by atoms with Crippen LogP contribution in [0.15, 0.2) is 53.9 Å². The molecule has 2 aromatic carbocycles. The number of carbonyl (C=O) groups excluding carboxylic acids is 1. The molecule has 3 rings (SSSR count). The number of benzene rings is 2. The fourth-order valence-electron chi connectivity index (χ4n) is 2.80. The molecule has 9 heteroatoms. The van der Waals surface area contributed by atoms with Gasteiger partial charge in [0.05, 0.1) is 27.1 Å². The van der Waals surface area contributed by atoms with Gasteiger partial charge in [0, 0.05) is 41.3 Å². The van der Waals surface area contributed by atoms with Crippen LogP contribution in [0.5, 0.6) is 17.2 Å². The molecule has 0 unspecified atom stereocenters. The highest BCUT2D eigenvalue weighted by Crippen LogP contribution is 2.34. The zero-order chi connectivity index (χ0) is 21.5. The van der Waals surface area contributed by atoms with Crippen molar-refractivity contribution in [2.75, 3.05) is 27.1 Å². The van der Waals surface area contributed by atoms with Gasteiger partial charge in [0.2, 0.25) is 5.91 Å². The Morgan fingerprint density at radius 2 is 1.73 bits per heavy atom. The Morgan fingerprint density at radius 1 is 1.07 bits per heavy atom. The maximum Gasteiger partial charge on any atom is 0.230 e. The van der Waals surface area contributed by atoms with Gasteiger partial charge < -0.3 is 19.5 Å². The van der Waals surface area contributed by atoms with Crippen LogP contribution in [0.3, 0.4) is 0 Å². The van der Waals surface area contributed by atoms with Crippen molar-refractivity contribution in [3.05, 3.63) is 59.4 Å². The van der Waals surface area contributed by atoms with Crippen molar-refractivity contribution in [1.82, 2.24) is 14.9 Å².